The molecule has 0 bridgehead atoms. The summed E-state index contributed by atoms with van der Waals surface area (Å²) in [5.74, 6) is 0.910. The van der Waals surface area contributed by atoms with Gasteiger partial charge in [-0.2, -0.15) is 0 Å². The molecule has 1 aromatic rings. The van der Waals surface area contributed by atoms with Crippen LogP contribution in [-0.4, -0.2) is 7.11 Å². The number of benzene rings is 1. The molecule has 0 heterocycles. The summed E-state index contributed by atoms with van der Waals surface area (Å²) in [7, 11) is 1.66. The Hall–Kier alpha value is -0.280. The highest BCUT2D eigenvalue weighted by atomic mass is 33.1. The van der Waals surface area contributed by atoms with Crippen LogP contribution in [0.2, 0.25) is 0 Å². The highest BCUT2D eigenvalue weighted by Crippen LogP contribution is 2.05. The minimum atomic E-state index is 0.910. The summed E-state index contributed by atoms with van der Waals surface area (Å²) in [5, 5.41) is 0. The molecule has 1 nitrogen and oxygen atoms in total. The molecule has 0 spiro atoms. The normalized spacial score (nSPS) is 7.50. The Labute approximate surface area is 71.6 Å². The number of para-hydroxylation sites is 1. The lowest BCUT2D eigenvalue weighted by Gasteiger charge is -1.93. The molecule has 0 amide bonds. The van der Waals surface area contributed by atoms with E-state index in [9.17, 15) is 0 Å². The molecule has 0 saturated carbocycles. The molecule has 0 N–H and O–H groups in total. The van der Waals surface area contributed by atoms with E-state index >= 15 is 0 Å². The molecule has 10 heavy (non-hydrogen) atoms. The van der Waals surface area contributed by atoms with Gasteiger partial charge >= 0.3 is 0 Å². The molecule has 0 aliphatic rings. The summed E-state index contributed by atoms with van der Waals surface area (Å²) >= 11 is 6.44. The molecule has 0 unspecified atom stereocenters. The second-order valence-electron chi connectivity index (χ2n) is 1.52. The fourth-order valence-electron chi connectivity index (χ4n) is 0.557. The van der Waals surface area contributed by atoms with Crippen molar-refractivity contribution in [1.82, 2.24) is 0 Å². The molecule has 0 radical (unpaired) electrons. The Kier molecular flexibility index (Phi) is 6.64. The zero-order chi connectivity index (χ0) is 7.82. The third kappa shape index (κ3) is 3.69. The number of hydrogen-bond acceptors (Lipinski definition) is 3. The summed E-state index contributed by atoms with van der Waals surface area (Å²) < 4.78 is 4.91. The molecule has 0 aromatic heterocycles. The lowest BCUT2D eigenvalue weighted by atomic mass is 10.3. The quantitative estimate of drug-likeness (QED) is 0.491. The van der Waals surface area contributed by atoms with Crippen LogP contribution in [0.1, 0.15) is 0 Å². The van der Waals surface area contributed by atoms with Gasteiger partial charge in [-0.05, 0) is 12.1 Å². The van der Waals surface area contributed by atoms with E-state index < -0.39 is 0 Å². The van der Waals surface area contributed by atoms with Gasteiger partial charge in [-0.3, -0.25) is 0 Å². The van der Waals surface area contributed by atoms with E-state index in [1.165, 1.54) is 0 Å². The van der Waals surface area contributed by atoms with E-state index in [4.69, 9.17) is 4.74 Å². The van der Waals surface area contributed by atoms with Gasteiger partial charge in [0.25, 0.3) is 0 Å². The minimum absolute atomic E-state index is 0.910. The van der Waals surface area contributed by atoms with Gasteiger partial charge in [0.1, 0.15) is 5.75 Å². The predicted octanol–water partition coefficient (Wildman–Crippen LogP) is 2.46. The maximum atomic E-state index is 4.91. The molecular weight excluding hydrogens is 164 g/mol. The molecule has 0 aliphatic carbocycles. The lowest BCUT2D eigenvalue weighted by Crippen LogP contribution is -1.78. The fourth-order valence-corrected chi connectivity index (χ4v) is 0.557. The summed E-state index contributed by atoms with van der Waals surface area (Å²) in [6.07, 6.45) is 0. The van der Waals surface area contributed by atoms with Crippen LogP contribution in [0.3, 0.4) is 0 Å². The van der Waals surface area contributed by atoms with E-state index in [0.717, 1.165) is 5.75 Å². The Morgan fingerprint density at radius 3 is 1.90 bits per heavy atom. The molecule has 0 aliphatic heterocycles. The molecule has 1 aromatic carbocycles. The van der Waals surface area contributed by atoms with Gasteiger partial charge in [0.15, 0.2) is 0 Å². The second-order valence-corrected chi connectivity index (χ2v) is 1.52. The third-order valence-electron chi connectivity index (χ3n) is 0.979. The zero-order valence-corrected chi connectivity index (χ0v) is 7.48. The number of hydrogen-bond donors (Lipinski definition) is 2. The summed E-state index contributed by atoms with van der Waals surface area (Å²) in [6, 6.07) is 9.68. The lowest BCUT2D eigenvalue weighted by molar-refractivity contribution is 0.415. The zero-order valence-electron chi connectivity index (χ0n) is 5.69. The summed E-state index contributed by atoms with van der Waals surface area (Å²) in [4.78, 5) is 0. The van der Waals surface area contributed by atoms with Crippen molar-refractivity contribution < 1.29 is 4.74 Å². The smallest absolute Gasteiger partial charge is 0.118 e. The number of rotatable bonds is 1. The maximum Gasteiger partial charge on any atom is 0.118 e. The number of ether oxygens (including phenoxy) is 1. The first-order valence-electron chi connectivity index (χ1n) is 2.72. The Morgan fingerprint density at radius 1 is 1.10 bits per heavy atom. The van der Waals surface area contributed by atoms with Crippen molar-refractivity contribution in [3.05, 3.63) is 30.3 Å². The monoisotopic (exact) mass is 174 g/mol. The van der Waals surface area contributed by atoms with Crippen LogP contribution in [0.25, 0.3) is 0 Å². The molecule has 0 atom stereocenters. The Bertz CT molecular complexity index is 153. The van der Waals surface area contributed by atoms with Crippen molar-refractivity contribution in [3.8, 4) is 5.75 Å². The van der Waals surface area contributed by atoms with Crippen LogP contribution >= 0.6 is 23.3 Å². The highest BCUT2D eigenvalue weighted by Gasteiger charge is 1.80. The Balaban J connectivity index is 0.000000371. The van der Waals surface area contributed by atoms with Crippen LogP contribution in [0.15, 0.2) is 30.3 Å². The van der Waals surface area contributed by atoms with Gasteiger partial charge in [0.2, 0.25) is 0 Å². The maximum absolute atomic E-state index is 4.91. The molecule has 3 heteroatoms. The van der Waals surface area contributed by atoms with Gasteiger partial charge < -0.3 is 4.74 Å². The van der Waals surface area contributed by atoms with E-state index in [2.05, 4.69) is 23.3 Å². The van der Waals surface area contributed by atoms with Crippen molar-refractivity contribution in [2.45, 2.75) is 0 Å². The standard InChI is InChI=1S/C7H8O.H2S2/c1-8-7-5-3-2-4-6-7;1-2/h2-6H,1H3;1-2H. The topological polar surface area (TPSA) is 9.23 Å². The van der Waals surface area contributed by atoms with E-state index in [1.807, 2.05) is 30.3 Å². The van der Waals surface area contributed by atoms with Gasteiger partial charge in [-0.25, -0.2) is 0 Å². The molecule has 56 valence electrons. The van der Waals surface area contributed by atoms with Crippen molar-refractivity contribution in [2.24, 2.45) is 0 Å². The van der Waals surface area contributed by atoms with Crippen molar-refractivity contribution in [1.29, 1.82) is 0 Å². The summed E-state index contributed by atoms with van der Waals surface area (Å²) in [6.45, 7) is 0. The average Bonchev–Trinajstić information content (AvgIpc) is 2.10. The Morgan fingerprint density at radius 2 is 1.60 bits per heavy atom. The van der Waals surface area contributed by atoms with Crippen LogP contribution in [0.4, 0.5) is 0 Å². The molecular formula is C7H10OS2. The predicted molar refractivity (Wildman–Crippen MR) is 51.0 cm³/mol. The third-order valence-corrected chi connectivity index (χ3v) is 0.979. The van der Waals surface area contributed by atoms with Crippen LogP contribution < -0.4 is 4.74 Å². The fraction of sp³-hybridized carbons (Fsp3) is 0.143. The summed E-state index contributed by atoms with van der Waals surface area (Å²) in [5.41, 5.74) is 0. The van der Waals surface area contributed by atoms with Gasteiger partial charge in [0, 0.05) is 0 Å². The van der Waals surface area contributed by atoms with Crippen LogP contribution in [-0.2, 0) is 0 Å². The first kappa shape index (κ1) is 9.72. The second kappa shape index (κ2) is 6.83. The van der Waals surface area contributed by atoms with Gasteiger partial charge in [-0.15, -0.1) is 23.3 Å². The molecule has 1 rings (SSSR count). The van der Waals surface area contributed by atoms with Crippen molar-refractivity contribution in [3.63, 3.8) is 0 Å². The van der Waals surface area contributed by atoms with E-state index in [-0.39, 0.29) is 0 Å². The highest BCUT2D eigenvalue weighted by molar-refractivity contribution is 8.59. The van der Waals surface area contributed by atoms with Gasteiger partial charge in [-0.1, -0.05) is 18.2 Å². The first-order chi connectivity index (χ1) is 4.93. The van der Waals surface area contributed by atoms with Gasteiger partial charge in [0.05, 0.1) is 7.11 Å². The first-order valence-corrected chi connectivity index (χ1v) is 4.32. The largest absolute Gasteiger partial charge is 0.497 e. The molecule has 0 saturated heterocycles. The minimum Gasteiger partial charge on any atom is -0.497 e. The van der Waals surface area contributed by atoms with Crippen LogP contribution in [0, 0.1) is 0 Å². The van der Waals surface area contributed by atoms with E-state index in [1.54, 1.807) is 7.11 Å². The number of thiol groups is 2. The van der Waals surface area contributed by atoms with Crippen molar-refractivity contribution >= 4 is 23.3 Å². The van der Waals surface area contributed by atoms with Crippen LogP contribution in [0.5, 0.6) is 5.75 Å². The molecule has 0 fully saturated rings. The van der Waals surface area contributed by atoms with E-state index in [0.29, 0.717) is 0 Å². The average molecular weight is 174 g/mol. The number of methoxy groups -OCH3 is 1. The SMILES string of the molecule is COc1ccccc1.SS. The van der Waals surface area contributed by atoms with Crippen molar-refractivity contribution in [2.75, 3.05) is 7.11 Å².